The van der Waals surface area contributed by atoms with Crippen molar-refractivity contribution in [3.63, 3.8) is 0 Å². The first-order chi connectivity index (χ1) is 28.5. The quantitative estimate of drug-likeness (QED) is 0.180. The second-order valence-corrected chi connectivity index (χ2v) is 17.8. The van der Waals surface area contributed by atoms with Crippen LogP contribution in [-0.4, -0.2) is 119 Å². The number of nitrogens with one attached hydrogen (secondary N) is 4. The van der Waals surface area contributed by atoms with E-state index in [0.717, 1.165) is 0 Å². The molecule has 0 bridgehead atoms. The first-order valence-electron chi connectivity index (χ1n) is 21.5. The molecule has 61 heavy (non-hydrogen) atoms. The number of hydrogen-bond acceptors (Lipinski definition) is 11. The maximum atomic E-state index is 14.7. The van der Waals surface area contributed by atoms with E-state index in [1.807, 2.05) is 48.5 Å². The summed E-state index contributed by atoms with van der Waals surface area (Å²) in [6.45, 7) is 18.1. The lowest BCUT2D eigenvalue weighted by molar-refractivity contribution is -0.155. The van der Waals surface area contributed by atoms with E-state index in [4.69, 9.17) is 18.9 Å². The van der Waals surface area contributed by atoms with Crippen LogP contribution in [0.3, 0.4) is 0 Å². The van der Waals surface area contributed by atoms with E-state index >= 15 is 0 Å². The van der Waals surface area contributed by atoms with Gasteiger partial charge in [-0.25, -0.2) is 9.59 Å². The van der Waals surface area contributed by atoms with Crippen LogP contribution < -0.4 is 26.0 Å². The lowest BCUT2D eigenvalue weighted by Crippen LogP contribution is -2.61. The average molecular weight is 860 g/mol. The Hall–Kier alpha value is -4.77. The van der Waals surface area contributed by atoms with E-state index in [-0.39, 0.29) is 44.6 Å². The number of cyclic esters (lactones) is 1. The molecule has 2 heterocycles. The number of carboxylic acids is 1. The molecule has 1 aromatic carbocycles. The highest BCUT2D eigenvalue weighted by Gasteiger charge is 2.40. The van der Waals surface area contributed by atoms with Gasteiger partial charge in [0.2, 0.25) is 29.5 Å². The summed E-state index contributed by atoms with van der Waals surface area (Å²) in [5, 5.41) is 20.6. The SMILES string of the molecule is CCC(C)C1NC(=O)C(Cc2ccc(OC(C)(C)C)cc2)N(C)C(=O)C(C(C)CC)NC(=O)C(CCC2OCC(C(=O)O)O2)NC(=O)C(CC(C)C)NC(=O)CC(C)OC1=O. The Kier molecular flexibility index (Phi) is 19.0. The summed E-state index contributed by atoms with van der Waals surface area (Å²) >= 11 is 0. The lowest BCUT2D eigenvalue weighted by Gasteiger charge is -2.35. The molecule has 0 radical (unpaired) electrons. The van der Waals surface area contributed by atoms with E-state index in [1.165, 1.54) is 18.9 Å². The number of likely N-dealkylation sites (N-methyl/N-ethyl adjacent to an activating group) is 1. The maximum absolute atomic E-state index is 14.7. The summed E-state index contributed by atoms with van der Waals surface area (Å²) in [5.74, 6) is -5.49. The molecule has 0 spiro atoms. The van der Waals surface area contributed by atoms with Gasteiger partial charge < -0.3 is 50.2 Å². The van der Waals surface area contributed by atoms with Gasteiger partial charge in [-0.3, -0.25) is 24.0 Å². The lowest BCUT2D eigenvalue weighted by atomic mass is 9.94. The molecular weight excluding hydrogens is 791 g/mol. The molecule has 10 atom stereocenters. The molecule has 17 nitrogen and oxygen atoms in total. The largest absolute Gasteiger partial charge is 0.488 e. The van der Waals surface area contributed by atoms with Crippen molar-refractivity contribution in [2.75, 3.05) is 13.7 Å². The Labute approximate surface area is 360 Å². The molecule has 2 aliphatic heterocycles. The smallest absolute Gasteiger partial charge is 0.335 e. The highest BCUT2D eigenvalue weighted by atomic mass is 16.7. The molecule has 0 saturated carbocycles. The fraction of sp³-hybridized carbons (Fsp3) is 0.705. The summed E-state index contributed by atoms with van der Waals surface area (Å²) in [4.78, 5) is 97.5. The molecule has 2 saturated heterocycles. The summed E-state index contributed by atoms with van der Waals surface area (Å²) in [6.07, 6.45) is -2.36. The number of carboxylic acid groups (broad SMARTS) is 1. The summed E-state index contributed by atoms with van der Waals surface area (Å²) in [5.41, 5.74) is 0.232. The Morgan fingerprint density at radius 3 is 2.00 bits per heavy atom. The number of esters is 1. The van der Waals surface area contributed by atoms with Gasteiger partial charge in [0.25, 0.3) is 0 Å². The maximum Gasteiger partial charge on any atom is 0.335 e. The number of rotatable bonds is 13. The normalized spacial score (nSPS) is 27.7. The van der Waals surface area contributed by atoms with Gasteiger partial charge in [-0.1, -0.05) is 66.5 Å². The minimum Gasteiger partial charge on any atom is -0.488 e. The van der Waals surface area contributed by atoms with Crippen LogP contribution in [0.15, 0.2) is 24.3 Å². The molecule has 342 valence electrons. The van der Waals surface area contributed by atoms with E-state index in [0.29, 0.717) is 24.2 Å². The van der Waals surface area contributed by atoms with Crippen LogP contribution in [0.25, 0.3) is 0 Å². The van der Waals surface area contributed by atoms with Gasteiger partial charge in [-0.05, 0) is 76.0 Å². The van der Waals surface area contributed by atoms with E-state index < -0.39 is 108 Å². The van der Waals surface area contributed by atoms with Crippen molar-refractivity contribution in [2.45, 2.75) is 168 Å². The fourth-order valence-electron chi connectivity index (χ4n) is 7.02. The summed E-state index contributed by atoms with van der Waals surface area (Å²) in [6, 6.07) is 1.24. The van der Waals surface area contributed by atoms with Gasteiger partial charge in [0.1, 0.15) is 47.7 Å². The number of ether oxygens (including phenoxy) is 4. The number of nitrogens with zero attached hydrogens (tertiary/aromatic N) is 1. The van der Waals surface area contributed by atoms with Crippen molar-refractivity contribution >= 4 is 41.5 Å². The van der Waals surface area contributed by atoms with Crippen LogP contribution in [0, 0.1) is 17.8 Å². The minimum absolute atomic E-state index is 0.00720. The Morgan fingerprint density at radius 1 is 0.852 bits per heavy atom. The highest BCUT2D eigenvalue weighted by Crippen LogP contribution is 2.23. The van der Waals surface area contributed by atoms with Crippen molar-refractivity contribution < 1.29 is 57.6 Å². The van der Waals surface area contributed by atoms with Gasteiger partial charge in [-0.2, -0.15) is 0 Å². The number of aliphatic carboxylic acids is 1. The standard InChI is InChI=1S/C44H69N5O12/c1-12-25(5)36-41(54)49(11)32(22-28-14-16-29(17-15-28)61-44(8,9)10)40(53)48-37(26(6)13-2)43(57)59-27(7)21-34(50)45-31(20-24(3)4)39(52)46-30(38(51)47-36)18-19-35-58-23-33(60-35)42(55)56/h14-17,24-27,30-33,35-37H,12-13,18-23H2,1-11H3,(H,45,50)(H,46,52)(H,47,51)(H,48,53)(H,55,56). The zero-order chi connectivity index (χ0) is 45.8. The van der Waals surface area contributed by atoms with Crippen molar-refractivity contribution in [1.29, 1.82) is 0 Å². The number of carbonyl (C=O) groups is 7. The van der Waals surface area contributed by atoms with Crippen molar-refractivity contribution in [2.24, 2.45) is 17.8 Å². The van der Waals surface area contributed by atoms with Crippen molar-refractivity contribution in [1.82, 2.24) is 26.2 Å². The summed E-state index contributed by atoms with van der Waals surface area (Å²) < 4.78 is 22.7. The van der Waals surface area contributed by atoms with E-state index in [9.17, 15) is 38.7 Å². The summed E-state index contributed by atoms with van der Waals surface area (Å²) in [7, 11) is 1.47. The van der Waals surface area contributed by atoms with E-state index in [1.54, 1.807) is 38.1 Å². The second-order valence-electron chi connectivity index (χ2n) is 17.8. The van der Waals surface area contributed by atoms with Gasteiger partial charge in [0, 0.05) is 19.9 Å². The monoisotopic (exact) mass is 859 g/mol. The molecule has 5 N–H and O–H groups in total. The van der Waals surface area contributed by atoms with Gasteiger partial charge in [0.05, 0.1) is 13.0 Å². The third-order valence-electron chi connectivity index (χ3n) is 10.9. The van der Waals surface area contributed by atoms with Gasteiger partial charge >= 0.3 is 11.9 Å². The zero-order valence-corrected chi connectivity index (χ0v) is 37.7. The molecule has 0 aliphatic carbocycles. The Bertz CT molecular complexity index is 1680. The first kappa shape index (κ1) is 50.6. The molecule has 2 aliphatic rings. The van der Waals surface area contributed by atoms with Gasteiger partial charge in [-0.15, -0.1) is 0 Å². The average Bonchev–Trinajstić information content (AvgIpc) is 3.67. The van der Waals surface area contributed by atoms with Crippen LogP contribution in [0.2, 0.25) is 0 Å². The van der Waals surface area contributed by atoms with Crippen LogP contribution in [0.5, 0.6) is 5.75 Å². The molecule has 10 unspecified atom stereocenters. The predicted molar refractivity (Wildman–Crippen MR) is 225 cm³/mol. The Balaban J connectivity index is 2.12. The topological polar surface area (TPSA) is 228 Å². The predicted octanol–water partition coefficient (Wildman–Crippen LogP) is 3.25. The third kappa shape index (κ3) is 15.6. The van der Waals surface area contributed by atoms with Crippen molar-refractivity contribution in [3.05, 3.63) is 29.8 Å². The zero-order valence-electron chi connectivity index (χ0n) is 37.7. The van der Waals surface area contributed by atoms with Gasteiger partial charge in [0.15, 0.2) is 12.4 Å². The molecule has 0 aromatic heterocycles. The van der Waals surface area contributed by atoms with Crippen LogP contribution in [-0.2, 0) is 54.2 Å². The molecule has 2 fully saturated rings. The number of hydrogen-bond donors (Lipinski definition) is 5. The Morgan fingerprint density at radius 2 is 1.44 bits per heavy atom. The van der Waals surface area contributed by atoms with Crippen molar-refractivity contribution in [3.8, 4) is 5.75 Å². The number of carbonyl (C=O) groups excluding carboxylic acids is 6. The minimum atomic E-state index is -1.29. The van der Waals surface area contributed by atoms with Crippen LogP contribution in [0.1, 0.15) is 113 Å². The first-order valence-corrected chi connectivity index (χ1v) is 21.5. The number of amides is 5. The highest BCUT2D eigenvalue weighted by molar-refractivity contribution is 5.96. The van der Waals surface area contributed by atoms with Crippen LogP contribution >= 0.6 is 0 Å². The molecule has 1 aromatic rings. The molecule has 17 heteroatoms. The van der Waals surface area contributed by atoms with E-state index in [2.05, 4.69) is 21.3 Å². The van der Waals surface area contributed by atoms with Crippen LogP contribution in [0.4, 0.5) is 0 Å². The third-order valence-corrected chi connectivity index (χ3v) is 10.9. The molecular formula is C44H69N5O12. The molecule has 3 rings (SSSR count). The fourth-order valence-corrected chi connectivity index (χ4v) is 7.02. The second kappa shape index (κ2) is 22.9. The molecule has 5 amide bonds. The number of benzene rings is 1.